The Kier molecular flexibility index (Phi) is 5.99. The van der Waals surface area contributed by atoms with E-state index < -0.39 is 40.7 Å². The third-order valence-electron chi connectivity index (χ3n) is 8.82. The van der Waals surface area contributed by atoms with Crippen LogP contribution in [-0.2, 0) is 0 Å². The first-order valence-electron chi connectivity index (χ1n) is 12.2. The van der Waals surface area contributed by atoms with Crippen LogP contribution < -0.4 is 27.4 Å². The maximum absolute atomic E-state index is 14.0. The maximum Gasteiger partial charge on any atom is 0.272 e. The van der Waals surface area contributed by atoms with Crippen molar-refractivity contribution in [1.29, 1.82) is 0 Å². The molecular weight excluding hydrogens is 807 g/mol. The molecule has 1 saturated heterocycles. The molecule has 18 heteroatoms. The van der Waals surface area contributed by atoms with Gasteiger partial charge in [0, 0.05) is 30.5 Å². The van der Waals surface area contributed by atoms with Gasteiger partial charge in [-0.3, -0.25) is 9.59 Å². The quantitative estimate of drug-likeness (QED) is 0.214. The van der Waals surface area contributed by atoms with Crippen LogP contribution in [0.1, 0.15) is 32.6 Å². The third kappa shape index (κ3) is 3.27. The third-order valence-corrected chi connectivity index (χ3v) is 13.2. The number of guanidine groups is 2. The minimum absolute atomic E-state index is 0.0364. The standard InChI is InChI=1S/C22H21Br4ClN10O3/c23-6-1-7(31-14(6)25)16(38)30-2-4-5-3-37-17(39)10-8(9(24)15(26)32-10)13-22(37,36-19(28)33-13)11(5)21(12(4)27)18(40)34-20(29)35-21/h1,4-5,11-13,18,31-32,40H,2-3H2,(H,30,38)(H3,28,33,36)(H3,29,34,35). The van der Waals surface area contributed by atoms with Gasteiger partial charge >= 0.3 is 0 Å². The van der Waals surface area contributed by atoms with Gasteiger partial charge in [0.15, 0.2) is 18.1 Å². The maximum atomic E-state index is 14.0. The van der Waals surface area contributed by atoms with Gasteiger partial charge < -0.3 is 47.4 Å². The van der Waals surface area contributed by atoms with E-state index in [0.29, 0.717) is 35.1 Å². The van der Waals surface area contributed by atoms with Gasteiger partial charge in [-0.05, 0) is 75.7 Å². The lowest BCUT2D eigenvalue weighted by molar-refractivity contribution is -0.0124. The summed E-state index contributed by atoms with van der Waals surface area (Å²) in [7, 11) is 0. The second-order valence-corrected chi connectivity index (χ2v) is 14.2. The number of nitrogens with two attached hydrogens (primary N) is 2. The molecule has 8 unspecified atom stereocenters. The van der Waals surface area contributed by atoms with Crippen molar-refractivity contribution in [2.45, 2.75) is 28.8 Å². The first-order valence-corrected chi connectivity index (χ1v) is 15.8. The minimum atomic E-state index is -1.32. The molecular formula is C22H21Br4ClN10O3. The fraction of sp³-hybridized carbons (Fsp3) is 0.455. The van der Waals surface area contributed by atoms with Crippen molar-refractivity contribution in [3.05, 3.63) is 41.2 Å². The number of H-pyrrole nitrogens is 2. The van der Waals surface area contributed by atoms with E-state index in [2.05, 4.69) is 94.6 Å². The van der Waals surface area contributed by atoms with Gasteiger partial charge in [0.25, 0.3) is 11.8 Å². The van der Waals surface area contributed by atoms with Crippen LogP contribution >= 0.6 is 75.3 Å². The molecule has 2 spiro atoms. The summed E-state index contributed by atoms with van der Waals surface area (Å²) >= 11 is 21.0. The normalized spacial score (nSPS) is 37.0. The van der Waals surface area contributed by atoms with Gasteiger partial charge in [0.05, 0.1) is 23.5 Å². The number of halogens is 5. The van der Waals surface area contributed by atoms with Gasteiger partial charge in [0.2, 0.25) is 0 Å². The first kappa shape index (κ1) is 27.1. The molecule has 13 nitrogen and oxygen atoms in total. The molecule has 10 N–H and O–H groups in total. The van der Waals surface area contributed by atoms with Crippen LogP contribution in [0.3, 0.4) is 0 Å². The summed E-state index contributed by atoms with van der Waals surface area (Å²) in [6.07, 6.45) is -1.32. The van der Waals surface area contributed by atoms with Crippen LogP contribution in [0.15, 0.2) is 34.2 Å². The Labute approximate surface area is 265 Å². The number of aromatic amines is 2. The number of aliphatic hydroxyl groups excluding tert-OH is 1. The molecule has 7 rings (SSSR count). The topological polar surface area (TPSA) is 202 Å². The zero-order chi connectivity index (χ0) is 28.5. The van der Waals surface area contributed by atoms with Gasteiger partial charge in [-0.1, -0.05) is 0 Å². The van der Waals surface area contributed by atoms with Crippen molar-refractivity contribution >= 4 is 99.1 Å². The molecule has 2 aromatic heterocycles. The van der Waals surface area contributed by atoms with E-state index >= 15 is 0 Å². The molecule has 2 aromatic rings. The van der Waals surface area contributed by atoms with E-state index in [1.165, 1.54) is 0 Å². The molecule has 5 aliphatic rings. The zero-order valence-corrected chi connectivity index (χ0v) is 27.2. The van der Waals surface area contributed by atoms with Crippen LogP contribution in [0.2, 0.25) is 0 Å². The summed E-state index contributed by atoms with van der Waals surface area (Å²) in [5, 5.41) is 20.2. The Balaban J connectivity index is 1.33. The molecule has 8 atom stereocenters. The summed E-state index contributed by atoms with van der Waals surface area (Å²) < 4.78 is 2.60. The number of aliphatic imine (C=N–C) groups is 2. The number of fused-ring (bicyclic) bond motifs is 4. The number of hydrogen-bond acceptors (Lipinski definition) is 9. The predicted octanol–water partition coefficient (Wildman–Crippen LogP) is 1.39. The summed E-state index contributed by atoms with van der Waals surface area (Å²) in [6, 6.07) is 1.03. The van der Waals surface area contributed by atoms with Crippen LogP contribution in [0, 0.1) is 17.8 Å². The van der Waals surface area contributed by atoms with Crippen molar-refractivity contribution in [3.8, 4) is 0 Å². The van der Waals surface area contributed by atoms with Gasteiger partial charge in [-0.25, -0.2) is 9.98 Å². The lowest BCUT2D eigenvalue weighted by Crippen LogP contribution is -2.73. The lowest BCUT2D eigenvalue weighted by atomic mass is 9.70. The number of hydrogen-bond donors (Lipinski definition) is 8. The van der Waals surface area contributed by atoms with Crippen LogP contribution in [0.4, 0.5) is 0 Å². The number of carbonyl (C=O) groups excluding carboxylic acids is 2. The number of aromatic nitrogens is 2. The smallest absolute Gasteiger partial charge is 0.272 e. The van der Waals surface area contributed by atoms with E-state index in [0.717, 1.165) is 0 Å². The average molecular weight is 829 g/mol. The minimum Gasteiger partial charge on any atom is -0.370 e. The molecule has 2 fully saturated rings. The molecule has 212 valence electrons. The molecule has 0 radical (unpaired) electrons. The monoisotopic (exact) mass is 824 g/mol. The molecule has 1 aliphatic carbocycles. The van der Waals surface area contributed by atoms with Gasteiger partial charge in [0.1, 0.15) is 28.6 Å². The van der Waals surface area contributed by atoms with Crippen LogP contribution in [-0.4, -0.2) is 79.6 Å². The first-order chi connectivity index (χ1) is 18.9. The summed E-state index contributed by atoms with van der Waals surface area (Å²) in [4.78, 5) is 43.8. The number of carbonyl (C=O) groups is 2. The number of nitrogens with one attached hydrogen (secondary N) is 5. The van der Waals surface area contributed by atoms with E-state index in [4.69, 9.17) is 28.1 Å². The fourth-order valence-corrected chi connectivity index (χ4v) is 9.62. The SMILES string of the molecule is NC1=NC(O)C2(N1)C(Cl)C(CNC(=O)c1cc(Br)c(Br)[nH]1)C1CN3C(=O)c4[nH]c(Br)c(Br)c4C4N=C(N)NC43C12. The molecule has 6 heterocycles. The average Bonchev–Trinajstić information content (AvgIpc) is 3.69. The van der Waals surface area contributed by atoms with E-state index in [1.807, 2.05) is 0 Å². The molecule has 4 aliphatic heterocycles. The van der Waals surface area contributed by atoms with Crippen molar-refractivity contribution < 1.29 is 14.7 Å². The summed E-state index contributed by atoms with van der Waals surface area (Å²) in [5.41, 5.74) is 11.3. The van der Waals surface area contributed by atoms with E-state index in [-0.39, 0.29) is 42.7 Å². The predicted molar refractivity (Wildman–Crippen MR) is 160 cm³/mol. The Bertz CT molecular complexity index is 1540. The van der Waals surface area contributed by atoms with Crippen molar-refractivity contribution in [2.24, 2.45) is 39.2 Å². The highest BCUT2D eigenvalue weighted by Gasteiger charge is 2.79. The second-order valence-electron chi connectivity index (χ2n) is 10.5. The molecule has 1 saturated carbocycles. The second kappa shape index (κ2) is 8.86. The van der Waals surface area contributed by atoms with Gasteiger partial charge in [-0.15, -0.1) is 11.6 Å². The fourth-order valence-electron chi connectivity index (χ4n) is 7.46. The van der Waals surface area contributed by atoms with Crippen molar-refractivity contribution in [3.63, 3.8) is 0 Å². The summed E-state index contributed by atoms with van der Waals surface area (Å²) in [6.45, 7) is 0.432. The Morgan fingerprint density at radius 1 is 1.18 bits per heavy atom. The zero-order valence-electron chi connectivity index (χ0n) is 20.1. The highest BCUT2D eigenvalue weighted by molar-refractivity contribution is 9.13. The Morgan fingerprint density at radius 2 is 1.90 bits per heavy atom. The summed E-state index contributed by atoms with van der Waals surface area (Å²) in [5.74, 6) is -1.66. The largest absolute Gasteiger partial charge is 0.370 e. The number of rotatable bonds is 3. The number of nitrogens with zero attached hydrogens (tertiary/aromatic N) is 3. The molecule has 40 heavy (non-hydrogen) atoms. The number of alkyl halides is 1. The van der Waals surface area contributed by atoms with Crippen LogP contribution in [0.5, 0.6) is 0 Å². The molecule has 0 aromatic carbocycles. The van der Waals surface area contributed by atoms with E-state index in [1.54, 1.807) is 11.0 Å². The number of amides is 2. The number of aliphatic hydroxyl groups is 1. The Morgan fingerprint density at radius 3 is 2.55 bits per heavy atom. The van der Waals surface area contributed by atoms with E-state index in [9.17, 15) is 14.7 Å². The Hall–Kier alpha value is -1.79. The highest BCUT2D eigenvalue weighted by Crippen LogP contribution is 2.65. The lowest BCUT2D eigenvalue weighted by Gasteiger charge is -2.51. The molecule has 2 amide bonds. The van der Waals surface area contributed by atoms with Crippen molar-refractivity contribution in [2.75, 3.05) is 13.1 Å². The van der Waals surface area contributed by atoms with Crippen molar-refractivity contribution in [1.82, 2.24) is 30.8 Å². The van der Waals surface area contributed by atoms with Gasteiger partial charge in [-0.2, -0.15) is 0 Å². The molecule has 0 bridgehead atoms. The highest BCUT2D eigenvalue weighted by atomic mass is 79.9. The van der Waals surface area contributed by atoms with Crippen LogP contribution in [0.25, 0.3) is 0 Å².